The molecule has 0 saturated carbocycles. The van der Waals surface area contributed by atoms with E-state index in [1.54, 1.807) is 11.8 Å². The first-order valence-corrected chi connectivity index (χ1v) is 7.25. The Morgan fingerprint density at radius 2 is 2.10 bits per heavy atom. The van der Waals surface area contributed by atoms with Crippen LogP contribution in [-0.2, 0) is 9.53 Å². The van der Waals surface area contributed by atoms with Crippen LogP contribution >= 0.6 is 0 Å². The number of carboxylic acids is 1. The summed E-state index contributed by atoms with van der Waals surface area (Å²) in [4.78, 5) is 27.5. The highest BCUT2D eigenvalue weighted by Crippen LogP contribution is 2.28. The van der Waals surface area contributed by atoms with Crippen molar-refractivity contribution < 1.29 is 19.4 Å². The summed E-state index contributed by atoms with van der Waals surface area (Å²) in [6.45, 7) is 7.16. The number of aliphatic carboxylic acids is 1. The van der Waals surface area contributed by atoms with Gasteiger partial charge >= 0.3 is 12.0 Å². The summed E-state index contributed by atoms with van der Waals surface area (Å²) in [5.41, 5.74) is -1.07. The Bertz CT molecular complexity index is 388. The summed E-state index contributed by atoms with van der Waals surface area (Å²) in [6.07, 6.45) is 0. The van der Waals surface area contributed by atoms with Gasteiger partial charge in [-0.3, -0.25) is 4.79 Å². The van der Waals surface area contributed by atoms with Crippen molar-refractivity contribution in [1.29, 1.82) is 0 Å². The van der Waals surface area contributed by atoms with Crippen molar-refractivity contribution in [3.63, 3.8) is 0 Å². The monoisotopic (exact) mass is 301 g/mol. The zero-order valence-corrected chi connectivity index (χ0v) is 13.5. The third-order valence-electron chi connectivity index (χ3n) is 4.00. The van der Waals surface area contributed by atoms with Crippen LogP contribution in [0.25, 0.3) is 0 Å². The fraction of sp³-hybridized carbons (Fsp3) is 0.857. The molecular weight excluding hydrogens is 274 g/mol. The predicted octanol–water partition coefficient (Wildman–Crippen LogP) is 0.458. The minimum Gasteiger partial charge on any atom is -0.481 e. The van der Waals surface area contributed by atoms with Gasteiger partial charge in [-0.05, 0) is 34.9 Å². The van der Waals surface area contributed by atoms with Crippen LogP contribution in [0.5, 0.6) is 0 Å². The predicted molar refractivity (Wildman–Crippen MR) is 79.3 cm³/mol. The Morgan fingerprint density at radius 3 is 2.57 bits per heavy atom. The largest absolute Gasteiger partial charge is 0.481 e. The van der Waals surface area contributed by atoms with Crippen molar-refractivity contribution in [2.75, 3.05) is 40.4 Å². The molecule has 0 spiro atoms. The molecule has 3 atom stereocenters. The molecule has 0 aromatic rings. The molecule has 0 radical (unpaired) electrons. The highest BCUT2D eigenvalue weighted by molar-refractivity contribution is 5.79. The molecule has 1 aliphatic rings. The number of carbonyl (C=O) groups excluding carboxylic acids is 1. The Hall–Kier alpha value is -1.34. The van der Waals surface area contributed by atoms with Crippen molar-refractivity contribution in [3.05, 3.63) is 0 Å². The maximum Gasteiger partial charge on any atom is 0.318 e. The molecule has 122 valence electrons. The number of carboxylic acid groups (broad SMARTS) is 1. The van der Waals surface area contributed by atoms with Crippen LogP contribution in [0.15, 0.2) is 0 Å². The van der Waals surface area contributed by atoms with E-state index in [1.807, 2.05) is 32.8 Å². The van der Waals surface area contributed by atoms with Crippen LogP contribution in [0, 0.1) is 5.41 Å². The fourth-order valence-electron chi connectivity index (χ4n) is 2.60. The van der Waals surface area contributed by atoms with E-state index < -0.39 is 17.4 Å². The van der Waals surface area contributed by atoms with Crippen LogP contribution in [0.3, 0.4) is 0 Å². The van der Waals surface area contributed by atoms with Crippen molar-refractivity contribution in [3.8, 4) is 0 Å². The zero-order valence-electron chi connectivity index (χ0n) is 13.5. The number of likely N-dealkylation sites (N-methyl/N-ethyl adjacent to an activating group) is 2. The quantitative estimate of drug-likeness (QED) is 0.745. The van der Waals surface area contributed by atoms with Gasteiger partial charge in [0.05, 0.1) is 19.3 Å². The van der Waals surface area contributed by atoms with Crippen molar-refractivity contribution in [2.45, 2.75) is 32.9 Å². The van der Waals surface area contributed by atoms with Gasteiger partial charge in [0.1, 0.15) is 5.41 Å². The van der Waals surface area contributed by atoms with E-state index in [9.17, 15) is 14.7 Å². The van der Waals surface area contributed by atoms with Gasteiger partial charge in [0.2, 0.25) is 0 Å². The van der Waals surface area contributed by atoms with Gasteiger partial charge in [-0.1, -0.05) is 0 Å². The molecule has 21 heavy (non-hydrogen) atoms. The van der Waals surface area contributed by atoms with E-state index in [0.717, 1.165) is 6.54 Å². The van der Waals surface area contributed by atoms with Gasteiger partial charge in [0.15, 0.2) is 0 Å². The van der Waals surface area contributed by atoms with Gasteiger partial charge in [-0.25, -0.2) is 4.79 Å². The molecule has 1 rings (SSSR count). The van der Waals surface area contributed by atoms with Crippen molar-refractivity contribution >= 4 is 12.0 Å². The van der Waals surface area contributed by atoms with Gasteiger partial charge in [0, 0.05) is 19.1 Å². The Balaban J connectivity index is 2.72. The van der Waals surface area contributed by atoms with E-state index in [4.69, 9.17) is 4.74 Å². The molecule has 0 aromatic heterocycles. The molecule has 0 bridgehead atoms. The Labute approximate surface area is 126 Å². The maximum absolute atomic E-state index is 12.4. The van der Waals surface area contributed by atoms with Crippen LogP contribution in [0.1, 0.15) is 20.8 Å². The average Bonchev–Trinajstić information content (AvgIpc) is 2.72. The number of hydrogen-bond acceptors (Lipinski definition) is 4. The topological polar surface area (TPSA) is 82.1 Å². The number of urea groups is 1. The molecule has 1 aliphatic heterocycles. The second-order valence-electron chi connectivity index (χ2n) is 6.14. The molecule has 2 N–H and O–H groups in total. The summed E-state index contributed by atoms with van der Waals surface area (Å²) >= 11 is 0. The first kappa shape index (κ1) is 17.7. The average molecular weight is 301 g/mol. The number of rotatable bonds is 6. The summed E-state index contributed by atoms with van der Waals surface area (Å²) < 4.78 is 5.25. The molecule has 0 aliphatic carbocycles. The smallest absolute Gasteiger partial charge is 0.318 e. The molecule has 7 heteroatoms. The number of hydrogen-bond donors (Lipinski definition) is 2. The lowest BCUT2D eigenvalue weighted by atomic mass is 9.85. The lowest BCUT2D eigenvalue weighted by molar-refractivity contribution is -0.148. The molecular formula is C14H27N3O4. The summed E-state index contributed by atoms with van der Waals surface area (Å²) in [5, 5.41) is 12.1. The molecule has 1 heterocycles. The van der Waals surface area contributed by atoms with Crippen molar-refractivity contribution in [1.82, 2.24) is 15.1 Å². The highest BCUT2D eigenvalue weighted by atomic mass is 16.5. The molecule has 1 saturated heterocycles. The molecule has 2 amide bonds. The van der Waals surface area contributed by atoms with Crippen LogP contribution < -0.4 is 5.32 Å². The lowest BCUT2D eigenvalue weighted by Crippen LogP contribution is -2.55. The maximum atomic E-state index is 12.4. The number of amides is 2. The third-order valence-corrected chi connectivity index (χ3v) is 4.00. The number of ether oxygens (including phenoxy) is 1. The summed E-state index contributed by atoms with van der Waals surface area (Å²) in [5.74, 6) is -0.949. The molecule has 1 fully saturated rings. The first-order chi connectivity index (χ1) is 9.72. The summed E-state index contributed by atoms with van der Waals surface area (Å²) in [7, 11) is 3.91. The van der Waals surface area contributed by atoms with E-state index in [1.165, 1.54) is 0 Å². The second kappa shape index (κ2) is 7.09. The van der Waals surface area contributed by atoms with Gasteiger partial charge in [-0.2, -0.15) is 0 Å². The van der Waals surface area contributed by atoms with Crippen LogP contribution in [0.4, 0.5) is 4.79 Å². The van der Waals surface area contributed by atoms with Crippen LogP contribution in [0.2, 0.25) is 0 Å². The summed E-state index contributed by atoms with van der Waals surface area (Å²) in [6, 6.07) is -0.707. The standard InChI is InChI=1S/C14H27N3O4/c1-6-17(10(2)7-16(4)5)13(20)15-11-8-21-9-14(11,3)12(18)19/h10-11H,6-9H2,1-5H3,(H,15,20)(H,18,19). The number of nitrogens with one attached hydrogen (secondary N) is 1. The fourth-order valence-corrected chi connectivity index (χ4v) is 2.60. The Kier molecular flexibility index (Phi) is 5.98. The van der Waals surface area contributed by atoms with Gasteiger partial charge in [-0.15, -0.1) is 0 Å². The minimum atomic E-state index is -1.07. The van der Waals surface area contributed by atoms with Gasteiger partial charge < -0.3 is 25.0 Å². The first-order valence-electron chi connectivity index (χ1n) is 7.25. The second-order valence-corrected chi connectivity index (χ2v) is 6.14. The van der Waals surface area contributed by atoms with Gasteiger partial charge in [0.25, 0.3) is 0 Å². The van der Waals surface area contributed by atoms with E-state index in [0.29, 0.717) is 6.54 Å². The normalized spacial score (nSPS) is 26.7. The zero-order chi connectivity index (χ0) is 16.2. The van der Waals surface area contributed by atoms with E-state index in [-0.39, 0.29) is 25.3 Å². The lowest BCUT2D eigenvalue weighted by Gasteiger charge is -2.33. The minimum absolute atomic E-state index is 0.0448. The van der Waals surface area contributed by atoms with Crippen molar-refractivity contribution in [2.24, 2.45) is 5.41 Å². The van der Waals surface area contributed by atoms with Crippen LogP contribution in [-0.4, -0.2) is 79.4 Å². The molecule has 0 aromatic carbocycles. The number of nitrogens with zero attached hydrogens (tertiary/aromatic N) is 2. The molecule has 7 nitrogen and oxygen atoms in total. The Morgan fingerprint density at radius 1 is 1.48 bits per heavy atom. The van der Waals surface area contributed by atoms with E-state index in [2.05, 4.69) is 5.32 Å². The third kappa shape index (κ3) is 4.07. The number of carbonyl (C=O) groups is 2. The highest BCUT2D eigenvalue weighted by Gasteiger charge is 2.47. The van der Waals surface area contributed by atoms with E-state index >= 15 is 0 Å². The molecule has 3 unspecified atom stereocenters. The SMILES string of the molecule is CCN(C(=O)NC1COCC1(C)C(=O)O)C(C)CN(C)C.